The van der Waals surface area contributed by atoms with Crippen LogP contribution in [-0.4, -0.2) is 23.2 Å². The fraction of sp³-hybridized carbons (Fsp3) is 0.250. The zero-order valence-corrected chi connectivity index (χ0v) is 16.0. The lowest BCUT2D eigenvalue weighted by molar-refractivity contribution is 0.201. The molecule has 142 valence electrons. The first kappa shape index (κ1) is 18.2. The van der Waals surface area contributed by atoms with Gasteiger partial charge in [-0.05, 0) is 60.6 Å². The zero-order valence-electron chi connectivity index (χ0n) is 16.0. The third-order valence-electron chi connectivity index (χ3n) is 5.03. The molecule has 2 aromatic carbocycles. The third kappa shape index (κ3) is 4.22. The van der Waals surface area contributed by atoms with E-state index in [0.717, 1.165) is 46.7 Å². The molecule has 0 N–H and O–H groups in total. The Labute approximate surface area is 165 Å². The lowest BCUT2D eigenvalue weighted by Crippen LogP contribution is -2.11. The van der Waals surface area contributed by atoms with Gasteiger partial charge < -0.3 is 9.47 Å². The predicted octanol–water partition coefficient (Wildman–Crippen LogP) is 5.40. The average molecular weight is 372 g/mol. The summed E-state index contributed by atoms with van der Waals surface area (Å²) in [6.45, 7) is 0. The van der Waals surface area contributed by atoms with Gasteiger partial charge in [-0.25, -0.2) is 0 Å². The molecule has 1 saturated carbocycles. The van der Waals surface area contributed by atoms with Gasteiger partial charge in [-0.2, -0.15) is 0 Å². The molecule has 28 heavy (non-hydrogen) atoms. The smallest absolute Gasteiger partial charge is 0.162 e. The number of methoxy groups -OCH3 is 1. The van der Waals surface area contributed by atoms with Gasteiger partial charge in [-0.3, -0.25) is 9.97 Å². The lowest BCUT2D eigenvalue weighted by Gasteiger charge is -2.18. The Balaban J connectivity index is 1.76. The maximum atomic E-state index is 6.29. The van der Waals surface area contributed by atoms with E-state index in [9.17, 15) is 0 Å². The second-order valence-corrected chi connectivity index (χ2v) is 6.94. The Morgan fingerprint density at radius 1 is 0.964 bits per heavy atom. The minimum atomic E-state index is 0.272. The van der Waals surface area contributed by atoms with Gasteiger partial charge in [0.1, 0.15) is 0 Å². The van der Waals surface area contributed by atoms with Crippen molar-refractivity contribution in [1.82, 2.24) is 9.97 Å². The monoisotopic (exact) mass is 372 g/mol. The number of rotatable bonds is 6. The van der Waals surface area contributed by atoms with Gasteiger partial charge in [-0.1, -0.05) is 36.4 Å². The summed E-state index contributed by atoms with van der Waals surface area (Å²) in [5, 5.41) is 0. The minimum Gasteiger partial charge on any atom is -0.493 e. The summed E-state index contributed by atoms with van der Waals surface area (Å²) >= 11 is 0. The molecular weight excluding hydrogens is 348 g/mol. The number of nitrogens with zero attached hydrogens (tertiary/aromatic N) is 2. The summed E-state index contributed by atoms with van der Waals surface area (Å²) < 4.78 is 11.8. The zero-order chi connectivity index (χ0) is 19.2. The van der Waals surface area contributed by atoms with E-state index in [2.05, 4.69) is 40.3 Å². The molecule has 0 bridgehead atoms. The van der Waals surface area contributed by atoms with Gasteiger partial charge >= 0.3 is 0 Å². The van der Waals surface area contributed by atoms with E-state index in [1.54, 1.807) is 25.7 Å². The van der Waals surface area contributed by atoms with Crippen molar-refractivity contribution in [3.8, 4) is 11.5 Å². The van der Waals surface area contributed by atoms with Crippen molar-refractivity contribution in [3.05, 3.63) is 83.9 Å². The largest absolute Gasteiger partial charge is 0.493 e. The van der Waals surface area contributed by atoms with Gasteiger partial charge in [0.25, 0.3) is 0 Å². The molecular formula is C24H24N2O2. The average Bonchev–Trinajstić information content (AvgIpc) is 3.26. The van der Waals surface area contributed by atoms with Crippen molar-refractivity contribution in [2.75, 3.05) is 7.11 Å². The highest BCUT2D eigenvalue weighted by molar-refractivity contribution is 5.91. The number of benzene rings is 2. The normalized spacial score (nSPS) is 14.8. The Bertz CT molecular complexity index is 933. The van der Waals surface area contributed by atoms with Crippen LogP contribution in [0.3, 0.4) is 0 Å². The van der Waals surface area contributed by atoms with E-state index in [1.807, 2.05) is 24.3 Å². The van der Waals surface area contributed by atoms with Crippen LogP contribution in [0.15, 0.2) is 67.1 Å². The Kier molecular flexibility index (Phi) is 5.66. The van der Waals surface area contributed by atoms with Crippen molar-refractivity contribution in [2.24, 2.45) is 0 Å². The maximum absolute atomic E-state index is 6.29. The van der Waals surface area contributed by atoms with Gasteiger partial charge in [0.05, 0.1) is 25.1 Å². The van der Waals surface area contributed by atoms with Crippen molar-refractivity contribution in [2.45, 2.75) is 31.8 Å². The standard InChI is InChI=1S/C24H24N2O2/c1-27-23-12-11-19(15-24(23)28-21-9-5-6-10-21)22(18-7-3-2-4-8-18)16-20-17-25-13-14-26-20/h2-4,7-8,11-17,21H,5-6,9-10H2,1H3/b22-16+. The minimum absolute atomic E-state index is 0.272. The van der Waals surface area contributed by atoms with Crippen molar-refractivity contribution in [1.29, 1.82) is 0 Å². The molecule has 0 atom stereocenters. The SMILES string of the molecule is COc1ccc(/C(=C/c2cnccn2)c2ccccc2)cc1OC1CCCC1. The van der Waals surface area contributed by atoms with Crippen LogP contribution in [0.25, 0.3) is 11.6 Å². The van der Waals surface area contributed by atoms with E-state index >= 15 is 0 Å². The van der Waals surface area contributed by atoms with Crippen LogP contribution in [0.5, 0.6) is 11.5 Å². The van der Waals surface area contributed by atoms with E-state index in [1.165, 1.54) is 12.8 Å². The molecule has 1 aromatic heterocycles. The molecule has 0 amide bonds. The van der Waals surface area contributed by atoms with Gasteiger partial charge in [0.2, 0.25) is 0 Å². The molecule has 1 heterocycles. The summed E-state index contributed by atoms with van der Waals surface area (Å²) in [5.41, 5.74) is 4.06. The topological polar surface area (TPSA) is 44.2 Å². The summed E-state index contributed by atoms with van der Waals surface area (Å²) in [5.74, 6) is 1.57. The first-order valence-electron chi connectivity index (χ1n) is 9.71. The van der Waals surface area contributed by atoms with Gasteiger partial charge in [-0.15, -0.1) is 0 Å². The van der Waals surface area contributed by atoms with Crippen LogP contribution in [0.1, 0.15) is 42.5 Å². The van der Waals surface area contributed by atoms with Gasteiger partial charge in [0.15, 0.2) is 11.5 Å². The van der Waals surface area contributed by atoms with Crippen LogP contribution >= 0.6 is 0 Å². The number of aromatic nitrogens is 2. The Morgan fingerprint density at radius 2 is 1.79 bits per heavy atom. The molecule has 1 fully saturated rings. The molecule has 4 rings (SSSR count). The molecule has 0 radical (unpaired) electrons. The highest BCUT2D eigenvalue weighted by Crippen LogP contribution is 2.36. The van der Waals surface area contributed by atoms with E-state index in [-0.39, 0.29) is 6.10 Å². The second-order valence-electron chi connectivity index (χ2n) is 6.94. The molecule has 1 aliphatic rings. The van der Waals surface area contributed by atoms with E-state index in [0.29, 0.717) is 0 Å². The highest BCUT2D eigenvalue weighted by Gasteiger charge is 2.19. The Hall–Kier alpha value is -3.14. The first-order valence-corrected chi connectivity index (χ1v) is 9.71. The highest BCUT2D eigenvalue weighted by atomic mass is 16.5. The fourth-order valence-corrected chi connectivity index (χ4v) is 3.61. The third-order valence-corrected chi connectivity index (χ3v) is 5.03. The molecule has 4 heteroatoms. The Morgan fingerprint density at radius 3 is 2.50 bits per heavy atom. The predicted molar refractivity (Wildman–Crippen MR) is 111 cm³/mol. The molecule has 0 aliphatic heterocycles. The summed E-state index contributed by atoms with van der Waals surface area (Å²) in [6, 6.07) is 16.4. The molecule has 4 nitrogen and oxygen atoms in total. The molecule has 0 saturated heterocycles. The quantitative estimate of drug-likeness (QED) is 0.581. The summed E-state index contributed by atoms with van der Waals surface area (Å²) in [6.07, 6.45) is 12.2. The van der Waals surface area contributed by atoms with Gasteiger partial charge in [0, 0.05) is 12.4 Å². The van der Waals surface area contributed by atoms with Crippen LogP contribution in [0, 0.1) is 0 Å². The summed E-state index contributed by atoms with van der Waals surface area (Å²) in [7, 11) is 1.68. The lowest BCUT2D eigenvalue weighted by atomic mass is 9.96. The van der Waals surface area contributed by atoms with Crippen LogP contribution in [0.4, 0.5) is 0 Å². The van der Waals surface area contributed by atoms with Crippen LogP contribution in [0.2, 0.25) is 0 Å². The first-order chi connectivity index (χ1) is 13.8. The van der Waals surface area contributed by atoms with Crippen molar-refractivity contribution >= 4 is 11.6 Å². The molecule has 1 aliphatic carbocycles. The van der Waals surface area contributed by atoms with Crippen LogP contribution < -0.4 is 9.47 Å². The van der Waals surface area contributed by atoms with E-state index in [4.69, 9.17) is 9.47 Å². The second kappa shape index (κ2) is 8.70. The molecule has 0 unspecified atom stereocenters. The van der Waals surface area contributed by atoms with Crippen molar-refractivity contribution in [3.63, 3.8) is 0 Å². The maximum Gasteiger partial charge on any atom is 0.162 e. The van der Waals surface area contributed by atoms with Crippen molar-refractivity contribution < 1.29 is 9.47 Å². The van der Waals surface area contributed by atoms with Crippen LogP contribution in [-0.2, 0) is 0 Å². The fourth-order valence-electron chi connectivity index (χ4n) is 3.61. The van der Waals surface area contributed by atoms with E-state index < -0.39 is 0 Å². The summed E-state index contributed by atoms with van der Waals surface area (Å²) in [4.78, 5) is 8.60. The molecule has 3 aromatic rings. The number of hydrogen-bond acceptors (Lipinski definition) is 4. The molecule has 0 spiro atoms. The number of hydrogen-bond donors (Lipinski definition) is 0. The number of ether oxygens (including phenoxy) is 2.